The third kappa shape index (κ3) is 4.94. The van der Waals surface area contributed by atoms with Gasteiger partial charge in [0.15, 0.2) is 5.82 Å². The number of likely N-dealkylation sites (tertiary alicyclic amines) is 1. The van der Waals surface area contributed by atoms with E-state index < -0.39 is 29.8 Å². The van der Waals surface area contributed by atoms with Gasteiger partial charge in [0.05, 0.1) is 13.7 Å². The molecule has 9 heteroatoms. The second-order valence-corrected chi connectivity index (χ2v) is 10.1. The Hall–Kier alpha value is -4.14. The van der Waals surface area contributed by atoms with Crippen molar-refractivity contribution in [1.82, 2.24) is 14.9 Å². The molecule has 4 aromatic rings. The van der Waals surface area contributed by atoms with Gasteiger partial charge in [-0.3, -0.25) is 4.90 Å². The molecule has 5 rings (SSSR count). The molecule has 192 valence electrons. The topological polar surface area (TPSA) is 104 Å². The van der Waals surface area contributed by atoms with E-state index in [4.69, 9.17) is 28.6 Å². The summed E-state index contributed by atoms with van der Waals surface area (Å²) < 4.78 is 22.9. The fourth-order valence-corrected chi connectivity index (χ4v) is 4.40. The van der Waals surface area contributed by atoms with Crippen LogP contribution in [0.4, 0.5) is 4.79 Å². The maximum Gasteiger partial charge on any atom is 0.411 e. The molecule has 0 spiro atoms. The minimum atomic E-state index is -0.838. The van der Waals surface area contributed by atoms with E-state index in [9.17, 15) is 9.59 Å². The summed E-state index contributed by atoms with van der Waals surface area (Å²) in [7, 11) is 1.29. The number of aryl methyl sites for hydroxylation is 1. The van der Waals surface area contributed by atoms with E-state index >= 15 is 0 Å². The first-order chi connectivity index (χ1) is 17.6. The number of nitrogens with zero attached hydrogens (tertiary/aromatic N) is 3. The Morgan fingerprint density at radius 2 is 1.78 bits per heavy atom. The zero-order valence-electron chi connectivity index (χ0n) is 21.5. The number of methoxy groups -OCH3 is 1. The van der Waals surface area contributed by atoms with E-state index in [1.54, 1.807) is 20.8 Å². The lowest BCUT2D eigenvalue weighted by Crippen LogP contribution is -2.44. The van der Waals surface area contributed by atoms with Crippen LogP contribution in [0.2, 0.25) is 0 Å². The Bertz CT molecular complexity index is 1470. The Morgan fingerprint density at radius 1 is 1.05 bits per heavy atom. The van der Waals surface area contributed by atoms with Gasteiger partial charge >= 0.3 is 12.1 Å². The predicted molar refractivity (Wildman–Crippen MR) is 137 cm³/mol. The summed E-state index contributed by atoms with van der Waals surface area (Å²) in [6.07, 6.45) is -0.933. The van der Waals surface area contributed by atoms with Gasteiger partial charge in [-0.1, -0.05) is 42.0 Å². The van der Waals surface area contributed by atoms with Crippen LogP contribution in [0, 0.1) is 6.92 Å². The van der Waals surface area contributed by atoms with Gasteiger partial charge < -0.3 is 18.6 Å². The van der Waals surface area contributed by atoms with E-state index in [1.807, 2.05) is 55.5 Å². The number of ether oxygens (including phenoxy) is 3. The zero-order chi connectivity index (χ0) is 26.3. The molecule has 9 nitrogen and oxygen atoms in total. The van der Waals surface area contributed by atoms with Crippen LogP contribution in [0.1, 0.15) is 32.8 Å². The number of esters is 1. The summed E-state index contributed by atoms with van der Waals surface area (Å²) in [6.45, 7) is 7.45. The standard InChI is InChI=1S/C28H29N3O6/c1-16-10-12-17(13-11-16)24-29-22-19-8-6-7-9-21(19)36-23(22)25(30-24)35-18-14-20(26(32)34-5)31(15-18)27(33)37-28(2,3)4/h6-13,18,20H,14-15H2,1-5H3/t18-,20+/m1/s1. The van der Waals surface area contributed by atoms with E-state index in [2.05, 4.69) is 0 Å². The molecule has 0 unspecified atom stereocenters. The Morgan fingerprint density at radius 3 is 2.49 bits per heavy atom. The highest BCUT2D eigenvalue weighted by Crippen LogP contribution is 2.36. The van der Waals surface area contributed by atoms with Gasteiger partial charge in [0.2, 0.25) is 5.58 Å². The average molecular weight is 504 g/mol. The molecule has 1 saturated heterocycles. The fourth-order valence-electron chi connectivity index (χ4n) is 4.40. The van der Waals surface area contributed by atoms with Crippen LogP contribution >= 0.6 is 0 Å². The molecule has 1 amide bonds. The Labute approximate surface area is 214 Å². The van der Waals surface area contributed by atoms with Crippen molar-refractivity contribution < 1.29 is 28.2 Å². The van der Waals surface area contributed by atoms with Crippen LogP contribution in [0.25, 0.3) is 33.5 Å². The number of carbonyl (C=O) groups excluding carboxylic acids is 2. The molecule has 2 atom stereocenters. The summed E-state index contributed by atoms with van der Waals surface area (Å²) in [5, 5.41) is 0.840. The number of fused-ring (bicyclic) bond motifs is 3. The second-order valence-electron chi connectivity index (χ2n) is 10.1. The summed E-state index contributed by atoms with van der Waals surface area (Å²) >= 11 is 0. The van der Waals surface area contributed by atoms with Gasteiger partial charge in [0.25, 0.3) is 5.88 Å². The van der Waals surface area contributed by atoms with E-state index in [0.717, 1.165) is 16.5 Å². The van der Waals surface area contributed by atoms with Gasteiger partial charge in [-0.2, -0.15) is 4.98 Å². The molecule has 0 radical (unpaired) electrons. The maximum atomic E-state index is 12.9. The van der Waals surface area contributed by atoms with Crippen LogP contribution in [0.15, 0.2) is 52.9 Å². The van der Waals surface area contributed by atoms with Gasteiger partial charge in [-0.15, -0.1) is 0 Å². The molecule has 1 aliphatic heterocycles. The second kappa shape index (κ2) is 9.38. The molecule has 0 bridgehead atoms. The van der Waals surface area contributed by atoms with Gasteiger partial charge in [-0.25, -0.2) is 14.6 Å². The van der Waals surface area contributed by atoms with Gasteiger partial charge in [0, 0.05) is 17.4 Å². The van der Waals surface area contributed by atoms with Crippen LogP contribution in [0.5, 0.6) is 5.88 Å². The highest BCUT2D eigenvalue weighted by atomic mass is 16.6. The molecule has 3 heterocycles. The molecule has 2 aromatic carbocycles. The van der Waals surface area contributed by atoms with Gasteiger partial charge in [-0.05, 0) is 39.8 Å². The van der Waals surface area contributed by atoms with Crippen molar-refractivity contribution in [2.24, 2.45) is 0 Å². The number of aromatic nitrogens is 2. The fraction of sp³-hybridized carbons (Fsp3) is 0.357. The van der Waals surface area contributed by atoms with Crippen LogP contribution < -0.4 is 4.74 Å². The monoisotopic (exact) mass is 503 g/mol. The first-order valence-electron chi connectivity index (χ1n) is 12.1. The number of para-hydroxylation sites is 1. The summed E-state index contributed by atoms with van der Waals surface area (Å²) in [5.74, 6) is 0.200. The number of furan rings is 1. The molecule has 0 N–H and O–H groups in total. The van der Waals surface area contributed by atoms with Crippen LogP contribution in [0.3, 0.4) is 0 Å². The molecule has 2 aromatic heterocycles. The van der Waals surface area contributed by atoms with Crippen molar-refractivity contribution in [3.8, 4) is 17.3 Å². The predicted octanol–water partition coefficient (Wildman–Crippen LogP) is 5.28. The first kappa shape index (κ1) is 24.5. The highest BCUT2D eigenvalue weighted by molar-refractivity contribution is 6.04. The third-order valence-corrected chi connectivity index (χ3v) is 6.14. The van der Waals surface area contributed by atoms with Crippen molar-refractivity contribution >= 4 is 34.1 Å². The number of amides is 1. The van der Waals surface area contributed by atoms with Crippen molar-refractivity contribution in [2.45, 2.75) is 51.9 Å². The zero-order valence-corrected chi connectivity index (χ0v) is 21.5. The SMILES string of the molecule is COC(=O)[C@@H]1C[C@@H](Oc2nc(-c3ccc(C)cc3)nc3c2oc2ccccc23)CN1C(=O)OC(C)(C)C. The summed E-state index contributed by atoms with van der Waals surface area (Å²) in [5.41, 5.74) is 2.93. The maximum absolute atomic E-state index is 12.9. The van der Waals surface area contributed by atoms with Gasteiger partial charge in [0.1, 0.15) is 28.8 Å². The highest BCUT2D eigenvalue weighted by Gasteiger charge is 2.43. The van der Waals surface area contributed by atoms with E-state index in [1.165, 1.54) is 12.0 Å². The summed E-state index contributed by atoms with van der Waals surface area (Å²) in [6, 6.07) is 14.7. The number of hydrogen-bond acceptors (Lipinski definition) is 8. The molecule has 37 heavy (non-hydrogen) atoms. The molecule has 1 aliphatic rings. The Balaban J connectivity index is 1.53. The third-order valence-electron chi connectivity index (χ3n) is 6.14. The molecule has 1 fully saturated rings. The number of benzene rings is 2. The molecular weight excluding hydrogens is 474 g/mol. The lowest BCUT2D eigenvalue weighted by molar-refractivity contribution is -0.145. The average Bonchev–Trinajstić information content (AvgIpc) is 3.45. The smallest absolute Gasteiger partial charge is 0.411 e. The van der Waals surface area contributed by atoms with Crippen LogP contribution in [-0.2, 0) is 14.3 Å². The first-order valence-corrected chi connectivity index (χ1v) is 12.1. The van der Waals surface area contributed by atoms with E-state index in [0.29, 0.717) is 22.5 Å². The van der Waals surface area contributed by atoms with Crippen molar-refractivity contribution in [3.63, 3.8) is 0 Å². The van der Waals surface area contributed by atoms with Crippen molar-refractivity contribution in [2.75, 3.05) is 13.7 Å². The quantitative estimate of drug-likeness (QED) is 0.347. The van der Waals surface area contributed by atoms with E-state index in [-0.39, 0.29) is 18.8 Å². The lowest BCUT2D eigenvalue weighted by Gasteiger charge is -2.27. The minimum Gasteiger partial charge on any atom is -0.470 e. The molecule has 0 aliphatic carbocycles. The number of carbonyl (C=O) groups is 2. The normalized spacial score (nSPS) is 17.8. The molecule has 0 saturated carbocycles. The van der Waals surface area contributed by atoms with Crippen LogP contribution in [-0.4, -0.2) is 58.3 Å². The number of hydrogen-bond donors (Lipinski definition) is 0. The van der Waals surface area contributed by atoms with Crippen molar-refractivity contribution in [1.29, 1.82) is 0 Å². The molecular formula is C28H29N3O6. The minimum absolute atomic E-state index is 0.125. The largest absolute Gasteiger partial charge is 0.470 e. The lowest BCUT2D eigenvalue weighted by atomic mass is 10.1. The number of rotatable bonds is 4. The summed E-state index contributed by atoms with van der Waals surface area (Å²) in [4.78, 5) is 36.2. The van der Waals surface area contributed by atoms with Crippen molar-refractivity contribution in [3.05, 3.63) is 54.1 Å². The Kier molecular flexibility index (Phi) is 6.23.